The number of nitrogens with zero attached hydrogens (tertiary/aromatic N) is 2. The molecule has 0 radical (unpaired) electrons. The molecule has 4 heterocycles. The molecule has 154 valence electrons. The van der Waals surface area contributed by atoms with Crippen molar-refractivity contribution >= 4 is 16.9 Å². The smallest absolute Gasteiger partial charge is 0.224 e. The fourth-order valence-electron chi connectivity index (χ4n) is 6.63. The summed E-state index contributed by atoms with van der Waals surface area (Å²) in [6.07, 6.45) is 8.78. The number of carbonyl (C=O) groups excluding carboxylic acids is 1. The van der Waals surface area contributed by atoms with Crippen LogP contribution in [-0.2, 0) is 4.79 Å². The minimum Gasteiger partial charge on any atom is -0.390 e. The van der Waals surface area contributed by atoms with Crippen molar-refractivity contribution in [3.05, 3.63) is 66.0 Å². The summed E-state index contributed by atoms with van der Waals surface area (Å²) < 4.78 is 0. The average Bonchev–Trinajstić information content (AvgIpc) is 3.15. The lowest BCUT2D eigenvalue weighted by Crippen LogP contribution is -2.65. The molecule has 2 saturated carbocycles. The zero-order valence-electron chi connectivity index (χ0n) is 17.0. The number of benzene rings is 1. The van der Waals surface area contributed by atoms with Crippen LogP contribution >= 0.6 is 0 Å². The summed E-state index contributed by atoms with van der Waals surface area (Å²) in [6, 6.07) is 14.8. The fraction of sp³-hybridized carbons (Fsp3) is 0.440. The average molecular weight is 402 g/mol. The Hall–Kier alpha value is -2.66. The monoisotopic (exact) mass is 401 g/mol. The van der Waals surface area contributed by atoms with E-state index in [9.17, 15) is 9.90 Å². The fourth-order valence-corrected chi connectivity index (χ4v) is 6.63. The van der Waals surface area contributed by atoms with Crippen LogP contribution in [0, 0.1) is 5.92 Å². The molecule has 2 N–H and O–H groups in total. The van der Waals surface area contributed by atoms with Crippen molar-refractivity contribution in [2.45, 2.75) is 62.1 Å². The number of aromatic nitrogens is 2. The maximum atomic E-state index is 13.7. The minimum atomic E-state index is -0.533. The normalized spacial score (nSPS) is 30.7. The van der Waals surface area contributed by atoms with Crippen molar-refractivity contribution in [1.29, 1.82) is 0 Å². The van der Waals surface area contributed by atoms with Gasteiger partial charge in [-0.3, -0.25) is 4.79 Å². The number of fused-ring (bicyclic) bond motifs is 1. The second kappa shape index (κ2) is 6.67. The van der Waals surface area contributed by atoms with Gasteiger partial charge in [0.2, 0.25) is 5.91 Å². The number of amides is 1. The van der Waals surface area contributed by atoms with Crippen molar-refractivity contribution < 1.29 is 9.90 Å². The lowest BCUT2D eigenvalue weighted by molar-refractivity contribution is -0.174. The summed E-state index contributed by atoms with van der Waals surface area (Å²) in [5.74, 6) is 0.789. The van der Waals surface area contributed by atoms with Crippen molar-refractivity contribution in [1.82, 2.24) is 14.9 Å². The van der Waals surface area contributed by atoms with E-state index in [1.807, 2.05) is 30.5 Å². The second-order valence-corrected chi connectivity index (χ2v) is 9.59. The molecule has 2 aliphatic carbocycles. The Kier molecular flexibility index (Phi) is 4.03. The molecular weight excluding hydrogens is 374 g/mol. The topological polar surface area (TPSA) is 69.2 Å². The van der Waals surface area contributed by atoms with E-state index >= 15 is 0 Å². The SMILES string of the molecule is O=C(CC(c1ccccc1)c1c[nH]c2ncccc12)N1C2CC3CC1CC(O)(C3)C2. The lowest BCUT2D eigenvalue weighted by atomic mass is 9.61. The van der Waals surface area contributed by atoms with Crippen LogP contribution in [0.25, 0.3) is 11.0 Å². The first-order valence-corrected chi connectivity index (χ1v) is 11.1. The van der Waals surface area contributed by atoms with E-state index in [0.29, 0.717) is 12.3 Å². The van der Waals surface area contributed by atoms with Gasteiger partial charge in [0.05, 0.1) is 5.60 Å². The molecular formula is C25H27N3O2. The largest absolute Gasteiger partial charge is 0.390 e. The highest BCUT2D eigenvalue weighted by molar-refractivity contribution is 5.84. The second-order valence-electron chi connectivity index (χ2n) is 9.59. The molecule has 3 atom stereocenters. The van der Waals surface area contributed by atoms with Gasteiger partial charge in [-0.15, -0.1) is 0 Å². The molecule has 4 aliphatic rings. The molecule has 2 saturated heterocycles. The van der Waals surface area contributed by atoms with Crippen LogP contribution in [0.4, 0.5) is 0 Å². The molecule has 4 fully saturated rings. The number of hydrogen-bond acceptors (Lipinski definition) is 3. The lowest BCUT2D eigenvalue weighted by Gasteiger charge is -2.59. The molecule has 5 heteroatoms. The van der Waals surface area contributed by atoms with E-state index in [-0.39, 0.29) is 23.9 Å². The molecule has 2 aliphatic heterocycles. The van der Waals surface area contributed by atoms with Gasteiger partial charge in [-0.1, -0.05) is 30.3 Å². The Morgan fingerprint density at radius 1 is 1.13 bits per heavy atom. The molecule has 3 aromatic rings. The van der Waals surface area contributed by atoms with E-state index in [0.717, 1.165) is 54.3 Å². The van der Waals surface area contributed by atoms with Crippen LogP contribution in [0.5, 0.6) is 0 Å². The van der Waals surface area contributed by atoms with Crippen LogP contribution < -0.4 is 0 Å². The first kappa shape index (κ1) is 18.1. The summed E-state index contributed by atoms with van der Waals surface area (Å²) in [5, 5.41) is 12.0. The van der Waals surface area contributed by atoms with Crippen LogP contribution in [0.2, 0.25) is 0 Å². The summed E-state index contributed by atoms with van der Waals surface area (Å²) in [6.45, 7) is 0. The van der Waals surface area contributed by atoms with Gasteiger partial charge in [-0.25, -0.2) is 4.98 Å². The molecule has 3 unspecified atom stereocenters. The van der Waals surface area contributed by atoms with Gasteiger partial charge in [0.15, 0.2) is 0 Å². The van der Waals surface area contributed by atoms with Gasteiger partial charge < -0.3 is 15.0 Å². The van der Waals surface area contributed by atoms with E-state index < -0.39 is 5.60 Å². The van der Waals surface area contributed by atoms with Crippen molar-refractivity contribution in [3.63, 3.8) is 0 Å². The highest BCUT2D eigenvalue weighted by atomic mass is 16.3. The van der Waals surface area contributed by atoms with E-state index in [1.165, 1.54) is 0 Å². The van der Waals surface area contributed by atoms with Crippen LogP contribution in [0.1, 0.15) is 55.6 Å². The zero-order chi connectivity index (χ0) is 20.3. The van der Waals surface area contributed by atoms with Crippen LogP contribution in [-0.4, -0.2) is 43.6 Å². The predicted molar refractivity (Wildman–Crippen MR) is 115 cm³/mol. The molecule has 5 nitrogen and oxygen atoms in total. The number of piperidine rings is 2. The number of pyridine rings is 1. The zero-order valence-corrected chi connectivity index (χ0v) is 17.0. The maximum absolute atomic E-state index is 13.7. The van der Waals surface area contributed by atoms with Crippen molar-refractivity contribution in [2.24, 2.45) is 5.92 Å². The van der Waals surface area contributed by atoms with E-state index in [4.69, 9.17) is 0 Å². The van der Waals surface area contributed by atoms with Gasteiger partial charge in [-0.2, -0.15) is 0 Å². The number of hydrogen-bond donors (Lipinski definition) is 2. The number of carbonyl (C=O) groups is 1. The predicted octanol–water partition coefficient (Wildman–Crippen LogP) is 3.99. The first-order chi connectivity index (χ1) is 14.6. The Labute approximate surface area is 176 Å². The maximum Gasteiger partial charge on any atom is 0.224 e. The van der Waals surface area contributed by atoms with Gasteiger partial charge in [0.25, 0.3) is 0 Å². The summed E-state index contributed by atoms with van der Waals surface area (Å²) in [7, 11) is 0. The molecule has 30 heavy (non-hydrogen) atoms. The van der Waals surface area contributed by atoms with E-state index in [2.05, 4.69) is 33.1 Å². The molecule has 1 amide bonds. The minimum absolute atomic E-state index is 0.0167. The summed E-state index contributed by atoms with van der Waals surface area (Å²) >= 11 is 0. The third-order valence-electron chi connectivity index (χ3n) is 7.62. The van der Waals surface area contributed by atoms with Crippen LogP contribution in [0.3, 0.4) is 0 Å². The standard InChI is InChI=1S/C25H27N3O2/c29-23(28-18-9-16-10-19(28)14-25(30,12-16)13-18)11-21(17-5-2-1-3-6-17)22-15-27-24-20(22)7-4-8-26-24/h1-8,15-16,18-19,21,30H,9-14H2,(H,26,27). The highest BCUT2D eigenvalue weighted by Gasteiger charge is 2.55. The number of rotatable bonds is 4. The molecule has 0 spiro atoms. The van der Waals surface area contributed by atoms with Crippen molar-refractivity contribution in [3.8, 4) is 0 Å². The Balaban J connectivity index is 1.34. The third-order valence-corrected chi connectivity index (χ3v) is 7.62. The quantitative estimate of drug-likeness (QED) is 0.695. The number of H-pyrrole nitrogens is 1. The Bertz CT molecular complexity index is 1080. The molecule has 7 rings (SSSR count). The summed E-state index contributed by atoms with van der Waals surface area (Å²) in [4.78, 5) is 23.5. The van der Waals surface area contributed by atoms with E-state index in [1.54, 1.807) is 6.20 Å². The van der Waals surface area contributed by atoms with Gasteiger partial charge >= 0.3 is 0 Å². The first-order valence-electron chi connectivity index (χ1n) is 11.1. The molecule has 1 aromatic carbocycles. The number of nitrogens with one attached hydrogen (secondary N) is 1. The highest BCUT2D eigenvalue weighted by Crippen LogP contribution is 2.51. The number of aliphatic hydroxyl groups is 1. The third kappa shape index (κ3) is 2.87. The van der Waals surface area contributed by atoms with Gasteiger partial charge in [0, 0.05) is 42.2 Å². The Morgan fingerprint density at radius 2 is 1.90 bits per heavy atom. The molecule has 2 aromatic heterocycles. The van der Waals surface area contributed by atoms with Gasteiger partial charge in [-0.05, 0) is 61.3 Å². The van der Waals surface area contributed by atoms with Crippen LogP contribution in [0.15, 0.2) is 54.9 Å². The number of aromatic amines is 1. The van der Waals surface area contributed by atoms with Crippen molar-refractivity contribution in [2.75, 3.05) is 0 Å². The Morgan fingerprint density at radius 3 is 2.63 bits per heavy atom. The summed E-state index contributed by atoms with van der Waals surface area (Å²) in [5.41, 5.74) is 2.60. The van der Waals surface area contributed by atoms with Gasteiger partial charge in [0.1, 0.15) is 5.65 Å². The molecule has 4 bridgehead atoms.